The molecule has 4 rings (SSSR count). The number of ether oxygens (including phenoxy) is 1. The van der Waals surface area contributed by atoms with Gasteiger partial charge in [0.25, 0.3) is 0 Å². The number of benzene rings is 1. The van der Waals surface area contributed by atoms with Crippen LogP contribution in [0.3, 0.4) is 0 Å². The lowest BCUT2D eigenvalue weighted by Crippen LogP contribution is -2.48. The highest BCUT2D eigenvalue weighted by Crippen LogP contribution is 2.38. The maximum atomic E-state index is 13.5. The van der Waals surface area contributed by atoms with Gasteiger partial charge in [-0.2, -0.15) is 4.39 Å². The fourth-order valence-electron chi connectivity index (χ4n) is 3.50. The van der Waals surface area contributed by atoms with Crippen molar-refractivity contribution in [2.75, 3.05) is 43.5 Å². The van der Waals surface area contributed by atoms with E-state index in [1.165, 1.54) is 6.07 Å². The van der Waals surface area contributed by atoms with E-state index in [0.717, 1.165) is 42.4 Å². The summed E-state index contributed by atoms with van der Waals surface area (Å²) in [6.07, 6.45) is 0. The monoisotopic (exact) mass is 387 g/mol. The first kappa shape index (κ1) is 18.4. The van der Waals surface area contributed by atoms with Gasteiger partial charge in [0.1, 0.15) is 0 Å². The molecule has 2 aliphatic rings. The van der Waals surface area contributed by atoms with Crippen LogP contribution in [-0.4, -0.2) is 60.4 Å². The summed E-state index contributed by atoms with van der Waals surface area (Å²) in [7, 11) is 0. The van der Waals surface area contributed by atoms with E-state index in [0.29, 0.717) is 24.0 Å². The van der Waals surface area contributed by atoms with Gasteiger partial charge in [-0.3, -0.25) is 9.69 Å². The summed E-state index contributed by atoms with van der Waals surface area (Å²) in [5.41, 5.74) is 2.27. The Morgan fingerprint density at radius 3 is 3.00 bits per heavy atom. The Balaban J connectivity index is 1.58. The molecule has 27 heavy (non-hydrogen) atoms. The number of amides is 1. The molecule has 1 aromatic heterocycles. The first-order valence-corrected chi connectivity index (χ1v) is 10.1. The average Bonchev–Trinajstić information content (AvgIpc) is 2.68. The van der Waals surface area contributed by atoms with Gasteiger partial charge in [-0.15, -0.1) is 11.8 Å². The number of anilines is 1. The van der Waals surface area contributed by atoms with Crippen LogP contribution in [0.4, 0.5) is 10.1 Å². The largest absolute Gasteiger partial charge is 0.379 e. The molecule has 1 aromatic carbocycles. The second-order valence-electron chi connectivity index (χ2n) is 6.82. The Morgan fingerprint density at radius 2 is 2.19 bits per heavy atom. The predicted octanol–water partition coefficient (Wildman–Crippen LogP) is 3.05. The summed E-state index contributed by atoms with van der Waals surface area (Å²) in [4.78, 5) is 21.9. The van der Waals surface area contributed by atoms with Crippen LogP contribution in [0.1, 0.15) is 6.92 Å². The van der Waals surface area contributed by atoms with Gasteiger partial charge in [0.05, 0.1) is 30.3 Å². The van der Waals surface area contributed by atoms with Crippen LogP contribution in [0.15, 0.2) is 41.3 Å². The molecule has 1 amide bonds. The smallest absolute Gasteiger partial charge is 0.237 e. The first-order valence-electron chi connectivity index (χ1n) is 9.14. The molecule has 3 heterocycles. The second kappa shape index (κ2) is 7.96. The van der Waals surface area contributed by atoms with Crippen molar-refractivity contribution in [2.45, 2.75) is 17.9 Å². The molecule has 1 unspecified atom stereocenters. The van der Waals surface area contributed by atoms with Gasteiger partial charge in [0, 0.05) is 36.1 Å². The lowest BCUT2D eigenvalue weighted by atomic mass is 10.1. The van der Waals surface area contributed by atoms with Crippen LogP contribution >= 0.6 is 11.8 Å². The molecule has 1 atom stereocenters. The number of rotatable bonds is 4. The highest BCUT2D eigenvalue weighted by atomic mass is 32.2. The third-order valence-corrected chi connectivity index (χ3v) is 6.08. The van der Waals surface area contributed by atoms with Crippen molar-refractivity contribution in [3.63, 3.8) is 0 Å². The molecule has 5 nitrogen and oxygen atoms in total. The SMILES string of the molecule is CC1COCCN1CCN1C(=O)CSc2ccc(-c3cccc(F)n3)cc21. The Morgan fingerprint density at radius 1 is 1.30 bits per heavy atom. The zero-order chi connectivity index (χ0) is 18.8. The highest BCUT2D eigenvalue weighted by Gasteiger charge is 2.27. The van der Waals surface area contributed by atoms with Crippen molar-refractivity contribution >= 4 is 23.4 Å². The van der Waals surface area contributed by atoms with Crippen LogP contribution in [-0.2, 0) is 9.53 Å². The summed E-state index contributed by atoms with van der Waals surface area (Å²) >= 11 is 1.55. The Labute approximate surface area is 162 Å². The molecule has 0 spiro atoms. The van der Waals surface area contributed by atoms with E-state index in [1.807, 2.05) is 23.1 Å². The summed E-state index contributed by atoms with van der Waals surface area (Å²) in [5, 5.41) is 0. The van der Waals surface area contributed by atoms with Crippen LogP contribution in [0.5, 0.6) is 0 Å². The summed E-state index contributed by atoms with van der Waals surface area (Å²) in [6, 6.07) is 11.0. The van der Waals surface area contributed by atoms with Crippen LogP contribution in [0, 0.1) is 5.95 Å². The van der Waals surface area contributed by atoms with Crippen molar-refractivity contribution in [3.05, 3.63) is 42.3 Å². The van der Waals surface area contributed by atoms with Gasteiger partial charge in [0.2, 0.25) is 11.9 Å². The molecule has 2 aromatic rings. The number of hydrogen-bond acceptors (Lipinski definition) is 5. The molecule has 0 aliphatic carbocycles. The van der Waals surface area contributed by atoms with E-state index < -0.39 is 5.95 Å². The molecule has 142 valence electrons. The normalized spacial score (nSPS) is 20.6. The highest BCUT2D eigenvalue weighted by molar-refractivity contribution is 8.00. The number of hydrogen-bond donors (Lipinski definition) is 0. The first-order chi connectivity index (χ1) is 13.1. The van der Waals surface area contributed by atoms with E-state index >= 15 is 0 Å². The molecule has 1 saturated heterocycles. The van der Waals surface area contributed by atoms with Crippen molar-refractivity contribution in [2.24, 2.45) is 0 Å². The van der Waals surface area contributed by atoms with Crippen molar-refractivity contribution in [1.29, 1.82) is 0 Å². The van der Waals surface area contributed by atoms with Crippen molar-refractivity contribution in [1.82, 2.24) is 9.88 Å². The van der Waals surface area contributed by atoms with Gasteiger partial charge < -0.3 is 9.64 Å². The number of carbonyl (C=O) groups excluding carboxylic acids is 1. The fraction of sp³-hybridized carbons (Fsp3) is 0.400. The zero-order valence-electron chi connectivity index (χ0n) is 15.2. The van der Waals surface area contributed by atoms with E-state index in [1.54, 1.807) is 23.9 Å². The Hall–Kier alpha value is -1.96. The number of pyridine rings is 1. The molecule has 0 saturated carbocycles. The number of morpholine rings is 1. The summed E-state index contributed by atoms with van der Waals surface area (Å²) < 4.78 is 19.0. The third kappa shape index (κ3) is 4.00. The van der Waals surface area contributed by atoms with E-state index in [4.69, 9.17) is 4.74 Å². The number of nitrogens with zero attached hydrogens (tertiary/aromatic N) is 3. The number of halogens is 1. The van der Waals surface area contributed by atoms with Gasteiger partial charge in [-0.25, -0.2) is 4.98 Å². The third-order valence-electron chi connectivity index (χ3n) is 5.03. The molecule has 2 aliphatic heterocycles. The fourth-order valence-corrected chi connectivity index (χ4v) is 4.41. The topological polar surface area (TPSA) is 45.7 Å². The molecule has 1 fully saturated rings. The maximum Gasteiger partial charge on any atom is 0.237 e. The number of thioether (sulfide) groups is 1. The quantitative estimate of drug-likeness (QED) is 0.755. The van der Waals surface area contributed by atoms with Crippen LogP contribution in [0.25, 0.3) is 11.3 Å². The van der Waals surface area contributed by atoms with Gasteiger partial charge in [-0.1, -0.05) is 12.1 Å². The van der Waals surface area contributed by atoms with Gasteiger partial charge >= 0.3 is 0 Å². The lowest BCUT2D eigenvalue weighted by Gasteiger charge is -2.36. The minimum atomic E-state index is -0.506. The van der Waals surface area contributed by atoms with E-state index in [9.17, 15) is 9.18 Å². The van der Waals surface area contributed by atoms with Crippen LogP contribution < -0.4 is 4.90 Å². The molecule has 7 heteroatoms. The number of aromatic nitrogens is 1. The minimum Gasteiger partial charge on any atom is -0.379 e. The van der Waals surface area contributed by atoms with Gasteiger partial charge in [0.15, 0.2) is 0 Å². The lowest BCUT2D eigenvalue weighted by molar-refractivity contribution is -0.116. The summed E-state index contributed by atoms with van der Waals surface area (Å²) in [5.74, 6) is 0.0510. The van der Waals surface area contributed by atoms with Crippen molar-refractivity contribution in [3.8, 4) is 11.3 Å². The van der Waals surface area contributed by atoms with Crippen LogP contribution in [0.2, 0.25) is 0 Å². The maximum absolute atomic E-state index is 13.5. The van der Waals surface area contributed by atoms with Crippen molar-refractivity contribution < 1.29 is 13.9 Å². The zero-order valence-corrected chi connectivity index (χ0v) is 16.0. The second-order valence-corrected chi connectivity index (χ2v) is 7.84. The minimum absolute atomic E-state index is 0.109. The van der Waals surface area contributed by atoms with E-state index in [-0.39, 0.29) is 5.91 Å². The predicted molar refractivity (Wildman–Crippen MR) is 105 cm³/mol. The number of carbonyl (C=O) groups is 1. The molecule has 0 N–H and O–H groups in total. The Bertz CT molecular complexity index is 848. The summed E-state index contributed by atoms with van der Waals surface area (Å²) in [6.45, 7) is 5.95. The number of fused-ring (bicyclic) bond motifs is 1. The van der Waals surface area contributed by atoms with E-state index in [2.05, 4.69) is 16.8 Å². The standard InChI is InChI=1S/C20H22FN3O2S/c1-14-12-26-10-9-23(14)7-8-24-17-11-15(16-3-2-4-19(21)22-16)5-6-18(17)27-13-20(24)25/h2-6,11,14H,7-10,12-13H2,1H3. The molecule has 0 radical (unpaired) electrons. The van der Waals surface area contributed by atoms with Gasteiger partial charge in [-0.05, 0) is 31.2 Å². The Kier molecular flexibility index (Phi) is 5.43. The molecular formula is C20H22FN3O2S. The average molecular weight is 387 g/mol. The molecule has 0 bridgehead atoms. The molecular weight excluding hydrogens is 365 g/mol.